The molecule has 0 saturated heterocycles. The number of halogens is 1. The molecule has 0 unspecified atom stereocenters. The van der Waals surface area contributed by atoms with Gasteiger partial charge in [0.15, 0.2) is 17.3 Å². The van der Waals surface area contributed by atoms with Gasteiger partial charge in [0.1, 0.15) is 5.82 Å². The number of phenolic OH excluding ortho intramolecular Hbond substituents is 1. The fourth-order valence-corrected chi connectivity index (χ4v) is 2.44. The summed E-state index contributed by atoms with van der Waals surface area (Å²) in [4.78, 5) is 8.95. The third-order valence-electron chi connectivity index (χ3n) is 2.98. The van der Waals surface area contributed by atoms with Crippen LogP contribution in [0.15, 0.2) is 18.2 Å². The summed E-state index contributed by atoms with van der Waals surface area (Å²) in [6.07, 6.45) is 0.840. The molecule has 2 rings (SSSR count). The lowest BCUT2D eigenvalue weighted by molar-refractivity contribution is 0.373. The van der Waals surface area contributed by atoms with E-state index in [1.807, 2.05) is 0 Å². The van der Waals surface area contributed by atoms with E-state index in [4.69, 9.17) is 10.5 Å². The molecule has 21 heavy (non-hydrogen) atoms. The van der Waals surface area contributed by atoms with E-state index in [-0.39, 0.29) is 5.75 Å². The largest absolute Gasteiger partial charge is 0.504 e. The van der Waals surface area contributed by atoms with Crippen LogP contribution in [0.5, 0.6) is 11.5 Å². The molecule has 0 fully saturated rings. The number of nitrogens with zero attached hydrogens (tertiary/aromatic N) is 2. The van der Waals surface area contributed by atoms with Crippen molar-refractivity contribution in [2.24, 2.45) is 5.92 Å². The zero-order valence-electron chi connectivity index (χ0n) is 12.2. The van der Waals surface area contributed by atoms with Crippen LogP contribution in [-0.2, 0) is 6.42 Å². The molecule has 6 heteroatoms. The molecule has 1 heterocycles. The molecule has 0 aliphatic rings. The van der Waals surface area contributed by atoms with E-state index in [1.165, 1.54) is 7.11 Å². The van der Waals surface area contributed by atoms with Crippen molar-refractivity contribution < 1.29 is 9.84 Å². The van der Waals surface area contributed by atoms with Gasteiger partial charge in [-0.1, -0.05) is 13.8 Å². The summed E-state index contributed by atoms with van der Waals surface area (Å²) in [5, 5.41) is 9.66. The lowest BCUT2D eigenvalue weighted by Gasteiger charge is -2.11. The number of nitrogen functional groups attached to an aromatic ring is 1. The smallest absolute Gasteiger partial charge is 0.161 e. The van der Waals surface area contributed by atoms with Gasteiger partial charge in [0, 0.05) is 5.56 Å². The molecule has 0 saturated carbocycles. The fraction of sp³-hybridized carbons (Fsp3) is 0.333. The van der Waals surface area contributed by atoms with Gasteiger partial charge in [-0.15, -0.1) is 0 Å². The highest BCUT2D eigenvalue weighted by molar-refractivity contribution is 14.1. The Morgan fingerprint density at radius 2 is 2.05 bits per heavy atom. The van der Waals surface area contributed by atoms with Crippen LogP contribution < -0.4 is 10.5 Å². The summed E-state index contributed by atoms with van der Waals surface area (Å²) in [7, 11) is 1.51. The third kappa shape index (κ3) is 3.55. The van der Waals surface area contributed by atoms with Crippen LogP contribution in [-0.4, -0.2) is 22.2 Å². The lowest BCUT2D eigenvalue weighted by atomic mass is 10.1. The van der Waals surface area contributed by atoms with Crippen molar-refractivity contribution in [3.05, 3.63) is 27.5 Å². The number of hydrogen-bond acceptors (Lipinski definition) is 5. The highest BCUT2D eigenvalue weighted by atomic mass is 127. The normalized spacial score (nSPS) is 10.9. The molecular formula is C15H18IN3O2. The Morgan fingerprint density at radius 1 is 1.33 bits per heavy atom. The van der Waals surface area contributed by atoms with Crippen LogP contribution in [0.3, 0.4) is 0 Å². The number of aromatic hydroxyl groups is 1. The summed E-state index contributed by atoms with van der Waals surface area (Å²) < 4.78 is 6.02. The first-order valence-corrected chi connectivity index (χ1v) is 7.69. The average molecular weight is 399 g/mol. The van der Waals surface area contributed by atoms with Crippen molar-refractivity contribution in [2.75, 3.05) is 12.8 Å². The van der Waals surface area contributed by atoms with E-state index in [1.54, 1.807) is 18.2 Å². The van der Waals surface area contributed by atoms with Crippen LogP contribution >= 0.6 is 22.6 Å². The average Bonchev–Trinajstić information content (AvgIpc) is 2.43. The predicted octanol–water partition coefficient (Wildman–Crippen LogP) is 3.24. The maximum absolute atomic E-state index is 9.66. The maximum atomic E-state index is 9.66. The fourth-order valence-electron chi connectivity index (χ4n) is 1.98. The van der Waals surface area contributed by atoms with Gasteiger partial charge in [0.05, 0.1) is 16.4 Å². The second-order valence-corrected chi connectivity index (χ2v) is 6.26. The van der Waals surface area contributed by atoms with Crippen LogP contribution in [0, 0.1) is 9.49 Å². The second kappa shape index (κ2) is 6.46. The minimum Gasteiger partial charge on any atom is -0.504 e. The van der Waals surface area contributed by atoms with E-state index in [2.05, 4.69) is 46.4 Å². The standard InChI is InChI=1S/C15H18IN3O2/c1-8(2)6-10-13(16)14(17)19-15(18-10)9-4-5-11(20)12(7-9)21-3/h4-5,7-8,20H,6H2,1-3H3,(H2,17,18,19). The zero-order valence-corrected chi connectivity index (χ0v) is 14.4. The number of methoxy groups -OCH3 is 1. The number of nitrogens with two attached hydrogens (primary N) is 1. The molecule has 0 spiro atoms. The summed E-state index contributed by atoms with van der Waals surface area (Å²) in [6.45, 7) is 4.27. The third-order valence-corrected chi connectivity index (χ3v) is 4.16. The van der Waals surface area contributed by atoms with Crippen molar-refractivity contribution in [3.63, 3.8) is 0 Å². The Hall–Kier alpha value is -1.57. The quantitative estimate of drug-likeness (QED) is 0.772. The molecule has 1 aromatic carbocycles. The molecular weight excluding hydrogens is 381 g/mol. The van der Waals surface area contributed by atoms with Gasteiger partial charge in [-0.3, -0.25) is 0 Å². The Labute approximate surface area is 137 Å². The molecule has 0 bridgehead atoms. The number of anilines is 1. The van der Waals surface area contributed by atoms with Crippen LogP contribution in [0.25, 0.3) is 11.4 Å². The van der Waals surface area contributed by atoms with Crippen LogP contribution in [0.1, 0.15) is 19.5 Å². The van der Waals surface area contributed by atoms with Crippen molar-refractivity contribution in [1.29, 1.82) is 0 Å². The van der Waals surface area contributed by atoms with E-state index in [9.17, 15) is 5.11 Å². The zero-order chi connectivity index (χ0) is 15.6. The molecule has 0 amide bonds. The van der Waals surface area contributed by atoms with Crippen LogP contribution in [0.4, 0.5) is 5.82 Å². The molecule has 0 aliphatic carbocycles. The van der Waals surface area contributed by atoms with Crippen molar-refractivity contribution in [2.45, 2.75) is 20.3 Å². The Morgan fingerprint density at radius 3 is 2.67 bits per heavy atom. The van der Waals surface area contributed by atoms with Crippen molar-refractivity contribution in [1.82, 2.24) is 9.97 Å². The molecule has 2 aromatic rings. The Bertz CT molecular complexity index is 660. The first-order valence-electron chi connectivity index (χ1n) is 6.61. The van der Waals surface area contributed by atoms with Gasteiger partial charge in [0.25, 0.3) is 0 Å². The maximum Gasteiger partial charge on any atom is 0.161 e. The van der Waals surface area contributed by atoms with Crippen LogP contribution in [0.2, 0.25) is 0 Å². The number of rotatable bonds is 4. The monoisotopic (exact) mass is 399 g/mol. The number of benzene rings is 1. The first kappa shape index (κ1) is 15.8. The Balaban J connectivity index is 2.51. The van der Waals surface area contributed by atoms with E-state index >= 15 is 0 Å². The Kier molecular flexibility index (Phi) is 4.87. The SMILES string of the molecule is COc1cc(-c2nc(N)c(I)c(CC(C)C)n2)ccc1O. The van der Waals surface area contributed by atoms with Gasteiger partial charge < -0.3 is 15.6 Å². The van der Waals surface area contributed by atoms with E-state index in [0.717, 1.165) is 21.2 Å². The lowest BCUT2D eigenvalue weighted by Crippen LogP contribution is -2.07. The number of phenols is 1. The van der Waals surface area contributed by atoms with Gasteiger partial charge in [-0.25, -0.2) is 9.97 Å². The minimum atomic E-state index is 0.0853. The molecule has 0 aliphatic heterocycles. The van der Waals surface area contributed by atoms with Gasteiger partial charge in [0.2, 0.25) is 0 Å². The van der Waals surface area contributed by atoms with E-state index in [0.29, 0.717) is 23.3 Å². The minimum absolute atomic E-state index is 0.0853. The molecule has 5 nitrogen and oxygen atoms in total. The summed E-state index contributed by atoms with van der Waals surface area (Å²) >= 11 is 2.18. The van der Waals surface area contributed by atoms with Gasteiger partial charge in [-0.05, 0) is 53.1 Å². The van der Waals surface area contributed by atoms with Gasteiger partial charge >= 0.3 is 0 Å². The number of hydrogen-bond donors (Lipinski definition) is 2. The molecule has 0 radical (unpaired) electrons. The highest BCUT2D eigenvalue weighted by Crippen LogP contribution is 2.31. The summed E-state index contributed by atoms with van der Waals surface area (Å²) in [5.41, 5.74) is 7.70. The number of aromatic nitrogens is 2. The molecule has 0 atom stereocenters. The first-order chi connectivity index (χ1) is 9.92. The summed E-state index contributed by atoms with van der Waals surface area (Å²) in [5.74, 6) is 1.97. The molecule has 112 valence electrons. The second-order valence-electron chi connectivity index (χ2n) is 5.18. The number of ether oxygens (including phenoxy) is 1. The van der Waals surface area contributed by atoms with E-state index < -0.39 is 0 Å². The van der Waals surface area contributed by atoms with Crippen molar-refractivity contribution >= 4 is 28.4 Å². The molecule has 3 N–H and O–H groups in total. The molecule has 1 aromatic heterocycles. The van der Waals surface area contributed by atoms with Crippen molar-refractivity contribution in [3.8, 4) is 22.9 Å². The highest BCUT2D eigenvalue weighted by Gasteiger charge is 2.14. The topological polar surface area (TPSA) is 81.3 Å². The van der Waals surface area contributed by atoms with Gasteiger partial charge in [-0.2, -0.15) is 0 Å². The predicted molar refractivity (Wildman–Crippen MR) is 91.4 cm³/mol. The summed E-state index contributed by atoms with van der Waals surface area (Å²) in [6, 6.07) is 5.02.